The molecule has 0 radical (unpaired) electrons. The van der Waals surface area contributed by atoms with Crippen LogP contribution in [0.3, 0.4) is 0 Å². The van der Waals surface area contributed by atoms with Crippen molar-refractivity contribution in [2.45, 2.75) is 0 Å². The second kappa shape index (κ2) is 5.42. The Kier molecular flexibility index (Phi) is 3.63. The second-order valence-electron chi connectivity index (χ2n) is 4.35. The van der Waals surface area contributed by atoms with Crippen LogP contribution in [0.2, 0.25) is 0 Å². The lowest BCUT2D eigenvalue weighted by Crippen LogP contribution is -1.96. The number of nitrogens with two attached hydrogens (primary N) is 1. The third kappa shape index (κ3) is 2.39. The van der Waals surface area contributed by atoms with Gasteiger partial charge in [0, 0.05) is 43.5 Å². The summed E-state index contributed by atoms with van der Waals surface area (Å²) >= 11 is 7.11. The lowest BCUT2D eigenvalue weighted by Gasteiger charge is -2.13. The summed E-state index contributed by atoms with van der Waals surface area (Å²) in [4.78, 5) is 4.13. The van der Waals surface area contributed by atoms with E-state index in [1.807, 2.05) is 36.4 Å². The van der Waals surface area contributed by atoms with Gasteiger partial charge in [-0.3, -0.25) is 4.98 Å². The highest BCUT2D eigenvalue weighted by Gasteiger charge is 2.08. The molecule has 0 bridgehead atoms. The molecule has 0 amide bonds. The predicted molar refractivity (Wildman–Crippen MR) is 91.3 cm³/mol. The number of nitrogens with one attached hydrogen (secondary N) is 1. The van der Waals surface area contributed by atoms with E-state index in [0.717, 1.165) is 36.8 Å². The molecule has 3 nitrogen and oxygen atoms in total. The number of pyridine rings is 1. The maximum atomic E-state index is 5.99. The number of aromatic nitrogens is 1. The Morgan fingerprint density at radius 2 is 1.70 bits per heavy atom. The molecule has 0 unspecified atom stereocenters. The van der Waals surface area contributed by atoms with Crippen LogP contribution in [0.15, 0.2) is 57.7 Å². The number of nitrogens with zero attached hydrogens (tertiary/aromatic N) is 1. The van der Waals surface area contributed by atoms with E-state index in [1.54, 1.807) is 12.4 Å². The summed E-state index contributed by atoms with van der Waals surface area (Å²) in [5.41, 5.74) is 8.69. The van der Waals surface area contributed by atoms with Crippen molar-refractivity contribution in [2.75, 3.05) is 11.1 Å². The molecule has 0 aliphatic rings. The third-order valence-electron chi connectivity index (χ3n) is 3.07. The number of anilines is 3. The molecule has 0 fully saturated rings. The zero-order valence-corrected chi connectivity index (χ0v) is 13.6. The topological polar surface area (TPSA) is 50.9 Å². The van der Waals surface area contributed by atoms with Gasteiger partial charge in [-0.25, -0.2) is 0 Å². The molecule has 2 aromatic carbocycles. The van der Waals surface area contributed by atoms with Crippen LogP contribution in [0.25, 0.3) is 10.8 Å². The van der Waals surface area contributed by atoms with Crippen LogP contribution in [-0.2, 0) is 0 Å². The molecule has 0 spiro atoms. The van der Waals surface area contributed by atoms with Crippen molar-refractivity contribution in [1.29, 1.82) is 0 Å². The van der Waals surface area contributed by atoms with Crippen LogP contribution in [0, 0.1) is 0 Å². The summed E-state index contributed by atoms with van der Waals surface area (Å²) in [5, 5.41) is 5.42. The second-order valence-corrected chi connectivity index (χ2v) is 6.05. The zero-order chi connectivity index (χ0) is 14.1. The monoisotopic (exact) mass is 391 g/mol. The molecule has 5 heteroatoms. The van der Waals surface area contributed by atoms with E-state index in [0.29, 0.717) is 0 Å². The highest BCUT2D eigenvalue weighted by Crippen LogP contribution is 2.36. The van der Waals surface area contributed by atoms with Crippen LogP contribution >= 0.6 is 31.9 Å². The van der Waals surface area contributed by atoms with E-state index in [4.69, 9.17) is 5.73 Å². The minimum atomic E-state index is 0.727. The average molecular weight is 393 g/mol. The number of hydrogen-bond acceptors (Lipinski definition) is 3. The summed E-state index contributed by atoms with van der Waals surface area (Å²) in [6.45, 7) is 0. The summed E-state index contributed by atoms with van der Waals surface area (Å²) in [7, 11) is 0. The molecule has 3 aromatic rings. The molecule has 0 aliphatic heterocycles. The first-order valence-electron chi connectivity index (χ1n) is 6.00. The van der Waals surface area contributed by atoms with Crippen LogP contribution in [0.5, 0.6) is 0 Å². The maximum Gasteiger partial charge on any atom is 0.0673 e. The molecule has 0 saturated carbocycles. The van der Waals surface area contributed by atoms with Gasteiger partial charge in [-0.1, -0.05) is 6.07 Å². The number of para-hydroxylation sites is 1. The quantitative estimate of drug-likeness (QED) is 0.597. The fourth-order valence-corrected chi connectivity index (χ4v) is 3.27. The van der Waals surface area contributed by atoms with Crippen LogP contribution in [0.4, 0.5) is 17.1 Å². The van der Waals surface area contributed by atoms with E-state index < -0.39 is 0 Å². The van der Waals surface area contributed by atoms with Gasteiger partial charge < -0.3 is 11.1 Å². The van der Waals surface area contributed by atoms with Crippen molar-refractivity contribution in [3.05, 3.63) is 57.7 Å². The Morgan fingerprint density at radius 3 is 2.45 bits per heavy atom. The number of nitrogen functional groups attached to an aromatic ring is 1. The number of benzene rings is 2. The predicted octanol–water partition coefficient (Wildman–Crippen LogP) is 5.09. The van der Waals surface area contributed by atoms with E-state index in [2.05, 4.69) is 42.2 Å². The standard InChI is InChI=1S/C15H11Br2N3/c16-11-2-1-3-12(17)15(11)20-14-5-4-13(18)10-8-19-7-6-9(10)14/h1-8,20H,18H2. The van der Waals surface area contributed by atoms with Gasteiger partial charge in [-0.05, 0) is 62.2 Å². The average Bonchev–Trinajstić information content (AvgIpc) is 2.46. The molecule has 100 valence electrons. The van der Waals surface area contributed by atoms with Gasteiger partial charge in [0.25, 0.3) is 0 Å². The summed E-state index contributed by atoms with van der Waals surface area (Å²) < 4.78 is 1.98. The molecular weight excluding hydrogens is 382 g/mol. The molecule has 3 N–H and O–H groups in total. The Bertz CT molecular complexity index is 767. The molecule has 3 rings (SSSR count). The number of halogens is 2. The summed E-state index contributed by atoms with van der Waals surface area (Å²) in [6.07, 6.45) is 3.55. The molecule has 0 saturated heterocycles. The number of fused-ring (bicyclic) bond motifs is 1. The van der Waals surface area contributed by atoms with E-state index in [-0.39, 0.29) is 0 Å². The molecular formula is C15H11Br2N3. The van der Waals surface area contributed by atoms with Gasteiger partial charge in [-0.2, -0.15) is 0 Å². The first-order chi connectivity index (χ1) is 9.66. The minimum Gasteiger partial charge on any atom is -0.398 e. The van der Waals surface area contributed by atoms with E-state index in [1.165, 1.54) is 0 Å². The summed E-state index contributed by atoms with van der Waals surface area (Å²) in [6, 6.07) is 11.8. The number of hydrogen-bond donors (Lipinski definition) is 2. The highest BCUT2D eigenvalue weighted by molar-refractivity contribution is 9.11. The lowest BCUT2D eigenvalue weighted by molar-refractivity contribution is 1.36. The fraction of sp³-hybridized carbons (Fsp3) is 0. The van der Waals surface area contributed by atoms with Crippen molar-refractivity contribution >= 4 is 59.7 Å². The first-order valence-corrected chi connectivity index (χ1v) is 7.58. The van der Waals surface area contributed by atoms with Gasteiger partial charge >= 0.3 is 0 Å². The molecule has 1 aromatic heterocycles. The van der Waals surface area contributed by atoms with Crippen LogP contribution < -0.4 is 11.1 Å². The lowest BCUT2D eigenvalue weighted by atomic mass is 10.1. The Balaban J connectivity index is 2.14. The molecule has 0 aliphatic carbocycles. The molecule has 1 heterocycles. The molecule has 20 heavy (non-hydrogen) atoms. The van der Waals surface area contributed by atoms with Gasteiger partial charge in [-0.15, -0.1) is 0 Å². The van der Waals surface area contributed by atoms with Gasteiger partial charge in [0.2, 0.25) is 0 Å². The normalized spacial score (nSPS) is 10.7. The molecule has 0 atom stereocenters. The van der Waals surface area contributed by atoms with E-state index in [9.17, 15) is 0 Å². The van der Waals surface area contributed by atoms with Gasteiger partial charge in [0.15, 0.2) is 0 Å². The fourth-order valence-electron chi connectivity index (χ4n) is 2.07. The van der Waals surface area contributed by atoms with Gasteiger partial charge in [0.1, 0.15) is 0 Å². The number of rotatable bonds is 2. The first kappa shape index (κ1) is 13.4. The van der Waals surface area contributed by atoms with Gasteiger partial charge in [0.05, 0.1) is 5.69 Å². The zero-order valence-electron chi connectivity index (χ0n) is 10.4. The van der Waals surface area contributed by atoms with Crippen molar-refractivity contribution in [2.24, 2.45) is 0 Å². The Hall–Kier alpha value is -1.59. The van der Waals surface area contributed by atoms with Crippen LogP contribution in [0.1, 0.15) is 0 Å². The Labute approximate surface area is 133 Å². The Morgan fingerprint density at radius 1 is 0.950 bits per heavy atom. The maximum absolute atomic E-state index is 5.99. The van der Waals surface area contributed by atoms with Crippen molar-refractivity contribution in [3.63, 3.8) is 0 Å². The van der Waals surface area contributed by atoms with Crippen molar-refractivity contribution in [1.82, 2.24) is 4.98 Å². The third-order valence-corrected chi connectivity index (χ3v) is 4.40. The van der Waals surface area contributed by atoms with E-state index >= 15 is 0 Å². The van der Waals surface area contributed by atoms with Crippen molar-refractivity contribution < 1.29 is 0 Å². The largest absolute Gasteiger partial charge is 0.398 e. The summed E-state index contributed by atoms with van der Waals surface area (Å²) in [5.74, 6) is 0. The minimum absolute atomic E-state index is 0.727. The SMILES string of the molecule is Nc1ccc(Nc2c(Br)cccc2Br)c2ccncc12. The highest BCUT2D eigenvalue weighted by atomic mass is 79.9. The van der Waals surface area contributed by atoms with Crippen LogP contribution in [-0.4, -0.2) is 4.98 Å². The smallest absolute Gasteiger partial charge is 0.0673 e. The van der Waals surface area contributed by atoms with Crippen molar-refractivity contribution in [3.8, 4) is 0 Å².